The molecule has 7 nitrogen and oxygen atoms in total. The first-order valence-corrected chi connectivity index (χ1v) is 16.3. The smallest absolute Gasteiger partial charge is 0.264 e. The van der Waals surface area contributed by atoms with Gasteiger partial charge in [0.15, 0.2) is 0 Å². The number of hydrogen-bond donors (Lipinski definition) is 1. The third-order valence-electron chi connectivity index (χ3n) is 6.56. The van der Waals surface area contributed by atoms with Crippen LogP contribution in [0.5, 0.6) is 0 Å². The molecule has 0 aliphatic carbocycles. The zero-order chi connectivity index (χ0) is 30.2. The van der Waals surface area contributed by atoms with Crippen LogP contribution in [0.15, 0.2) is 76.1 Å². The minimum Gasteiger partial charge on any atom is -0.354 e. The third-order valence-corrected chi connectivity index (χ3v) is 9.42. The van der Waals surface area contributed by atoms with E-state index in [4.69, 9.17) is 23.2 Å². The van der Waals surface area contributed by atoms with Crippen LogP contribution in [-0.4, -0.2) is 44.3 Å². The normalized spacial score (nSPS) is 12.0. The van der Waals surface area contributed by atoms with Crippen molar-refractivity contribution in [2.75, 3.05) is 17.4 Å². The number of carbonyl (C=O) groups is 2. The summed E-state index contributed by atoms with van der Waals surface area (Å²) in [5, 5.41) is 3.68. The molecule has 2 amide bonds. The molecule has 0 saturated heterocycles. The fourth-order valence-corrected chi connectivity index (χ4v) is 6.52. The van der Waals surface area contributed by atoms with Crippen LogP contribution in [0.1, 0.15) is 44.2 Å². The monoisotopic (exact) mass is 681 g/mol. The van der Waals surface area contributed by atoms with Crippen molar-refractivity contribution in [3.63, 3.8) is 0 Å². The Labute approximate surface area is 261 Å². The molecule has 0 fully saturated rings. The molecule has 0 aliphatic heterocycles. The van der Waals surface area contributed by atoms with Gasteiger partial charge in [0.1, 0.15) is 12.6 Å². The maximum atomic E-state index is 14.1. The van der Waals surface area contributed by atoms with E-state index in [0.29, 0.717) is 38.7 Å². The fraction of sp³-hybridized carbons (Fsp3) is 0.333. The summed E-state index contributed by atoms with van der Waals surface area (Å²) in [4.78, 5) is 28.8. The maximum Gasteiger partial charge on any atom is 0.264 e. The summed E-state index contributed by atoms with van der Waals surface area (Å²) in [6, 6.07) is 17.2. The number of nitrogens with zero attached hydrogens (tertiary/aromatic N) is 2. The van der Waals surface area contributed by atoms with Crippen molar-refractivity contribution in [1.29, 1.82) is 0 Å². The van der Waals surface area contributed by atoms with E-state index < -0.39 is 28.5 Å². The molecule has 0 radical (unpaired) electrons. The van der Waals surface area contributed by atoms with Crippen molar-refractivity contribution in [3.8, 4) is 0 Å². The van der Waals surface area contributed by atoms with Gasteiger partial charge < -0.3 is 10.2 Å². The molecule has 0 aliphatic rings. The molecule has 3 aromatic carbocycles. The van der Waals surface area contributed by atoms with Gasteiger partial charge in [-0.25, -0.2) is 8.42 Å². The molecule has 1 unspecified atom stereocenters. The predicted molar refractivity (Wildman–Crippen MR) is 169 cm³/mol. The maximum absolute atomic E-state index is 14.1. The molecule has 0 aromatic heterocycles. The highest BCUT2D eigenvalue weighted by Crippen LogP contribution is 2.28. The molecule has 0 spiro atoms. The van der Waals surface area contributed by atoms with E-state index in [1.807, 2.05) is 20.8 Å². The first-order chi connectivity index (χ1) is 19.5. The van der Waals surface area contributed by atoms with Crippen LogP contribution in [0.3, 0.4) is 0 Å². The molecule has 11 heteroatoms. The predicted octanol–water partition coefficient (Wildman–Crippen LogP) is 6.98. The lowest BCUT2D eigenvalue weighted by molar-refractivity contribution is -0.140. The Morgan fingerprint density at radius 2 is 1.71 bits per heavy atom. The van der Waals surface area contributed by atoms with E-state index >= 15 is 0 Å². The molecule has 3 aromatic rings. The van der Waals surface area contributed by atoms with Crippen LogP contribution >= 0.6 is 39.1 Å². The fourth-order valence-electron chi connectivity index (χ4n) is 4.26. The lowest BCUT2D eigenvalue weighted by Gasteiger charge is -2.33. The Balaban J connectivity index is 2.06. The highest BCUT2D eigenvalue weighted by molar-refractivity contribution is 9.10. The summed E-state index contributed by atoms with van der Waals surface area (Å²) in [5.41, 5.74) is 1.79. The van der Waals surface area contributed by atoms with Crippen molar-refractivity contribution >= 4 is 66.7 Å². The summed E-state index contributed by atoms with van der Waals surface area (Å²) in [7, 11) is -4.15. The van der Waals surface area contributed by atoms with Crippen LogP contribution in [0, 0.1) is 6.92 Å². The highest BCUT2D eigenvalue weighted by atomic mass is 79.9. The Hall–Kier alpha value is -2.59. The van der Waals surface area contributed by atoms with Crippen LogP contribution in [-0.2, 0) is 26.2 Å². The number of rotatable bonds is 13. The van der Waals surface area contributed by atoms with E-state index in [2.05, 4.69) is 21.2 Å². The first-order valence-electron chi connectivity index (χ1n) is 13.3. The number of halogens is 3. The minimum atomic E-state index is -4.15. The molecule has 3 rings (SSSR count). The number of amides is 2. The summed E-state index contributed by atoms with van der Waals surface area (Å²) in [5.74, 6) is -0.862. The average Bonchev–Trinajstić information content (AvgIpc) is 2.93. The summed E-state index contributed by atoms with van der Waals surface area (Å²) < 4.78 is 29.6. The number of unbranched alkanes of at least 4 members (excludes halogenated alkanes) is 1. The zero-order valence-electron chi connectivity index (χ0n) is 23.2. The van der Waals surface area contributed by atoms with Gasteiger partial charge in [-0.1, -0.05) is 89.2 Å². The molecule has 1 N–H and O–H groups in total. The second kappa shape index (κ2) is 15.0. The Bertz CT molecular complexity index is 1470. The Kier molecular flexibility index (Phi) is 12.1. The number of aryl methyl sites for hydroxylation is 1. The average molecular weight is 683 g/mol. The highest BCUT2D eigenvalue weighted by Gasteiger charge is 2.34. The first kappa shape index (κ1) is 32.9. The molecule has 1 atom stereocenters. The molecule has 0 bridgehead atoms. The van der Waals surface area contributed by atoms with Gasteiger partial charge in [0.2, 0.25) is 11.8 Å². The molecule has 41 heavy (non-hydrogen) atoms. The minimum absolute atomic E-state index is 0.00849. The largest absolute Gasteiger partial charge is 0.354 e. The summed E-state index contributed by atoms with van der Waals surface area (Å²) in [6.07, 6.45) is 2.01. The quantitative estimate of drug-likeness (QED) is 0.197. The van der Waals surface area contributed by atoms with Gasteiger partial charge in [-0.2, -0.15) is 0 Å². The van der Waals surface area contributed by atoms with Crippen molar-refractivity contribution in [1.82, 2.24) is 10.2 Å². The number of nitrogens with one attached hydrogen (secondary N) is 1. The Morgan fingerprint density at radius 3 is 2.32 bits per heavy atom. The van der Waals surface area contributed by atoms with Gasteiger partial charge in [0.25, 0.3) is 10.0 Å². The molecule has 0 heterocycles. The van der Waals surface area contributed by atoms with Crippen LogP contribution in [0.2, 0.25) is 10.0 Å². The lowest BCUT2D eigenvalue weighted by Crippen LogP contribution is -2.52. The van der Waals surface area contributed by atoms with Gasteiger partial charge >= 0.3 is 0 Å². The second-order valence-corrected chi connectivity index (χ2v) is 13.3. The SMILES string of the molecule is CCCCNC(=O)C(CC)N(Cc1ccc(Cl)cc1Cl)C(=O)CN(c1cccc(Br)c1)S(=O)(=O)c1ccc(C)cc1. The number of hydrogen-bond acceptors (Lipinski definition) is 4. The van der Waals surface area contributed by atoms with Gasteiger partial charge in [-0.3, -0.25) is 13.9 Å². The standard InChI is InChI=1S/C30H34BrCl2N3O4S/c1-4-6-16-34-30(38)28(5-2)35(19-22-12-13-24(32)18-27(22)33)29(37)20-36(25-9-7-8-23(31)17-25)41(39,40)26-14-10-21(3)11-15-26/h7-15,17-18,28H,4-6,16,19-20H2,1-3H3,(H,34,38). The van der Waals surface area contributed by atoms with Gasteiger partial charge in [-0.15, -0.1) is 0 Å². The topological polar surface area (TPSA) is 86.8 Å². The number of anilines is 1. The molecular formula is C30H34BrCl2N3O4S. The van der Waals surface area contributed by atoms with Crippen molar-refractivity contribution in [2.24, 2.45) is 0 Å². The molecular weight excluding hydrogens is 649 g/mol. The van der Waals surface area contributed by atoms with E-state index in [1.54, 1.807) is 54.6 Å². The lowest BCUT2D eigenvalue weighted by atomic mass is 10.1. The van der Waals surface area contributed by atoms with Gasteiger partial charge in [0.05, 0.1) is 10.6 Å². The van der Waals surface area contributed by atoms with Crippen LogP contribution < -0.4 is 9.62 Å². The van der Waals surface area contributed by atoms with E-state index in [0.717, 1.165) is 22.7 Å². The summed E-state index contributed by atoms with van der Waals surface area (Å²) >= 11 is 16.0. The van der Waals surface area contributed by atoms with Crippen LogP contribution in [0.4, 0.5) is 5.69 Å². The van der Waals surface area contributed by atoms with Crippen molar-refractivity contribution in [3.05, 3.63) is 92.4 Å². The van der Waals surface area contributed by atoms with Crippen molar-refractivity contribution < 1.29 is 18.0 Å². The number of sulfonamides is 1. The Morgan fingerprint density at radius 1 is 1.00 bits per heavy atom. The van der Waals surface area contributed by atoms with E-state index in [9.17, 15) is 18.0 Å². The second-order valence-electron chi connectivity index (χ2n) is 9.63. The van der Waals surface area contributed by atoms with E-state index in [1.165, 1.54) is 17.0 Å². The van der Waals surface area contributed by atoms with E-state index in [-0.39, 0.29) is 17.3 Å². The van der Waals surface area contributed by atoms with Crippen molar-refractivity contribution in [2.45, 2.75) is 57.5 Å². The van der Waals surface area contributed by atoms with Gasteiger partial charge in [0, 0.05) is 27.6 Å². The summed E-state index contributed by atoms with van der Waals surface area (Å²) in [6.45, 7) is 5.63. The molecule has 0 saturated carbocycles. The number of benzene rings is 3. The van der Waals surface area contributed by atoms with Gasteiger partial charge in [-0.05, 0) is 67.8 Å². The number of carbonyl (C=O) groups excluding carboxylic acids is 2. The van der Waals surface area contributed by atoms with Crippen LogP contribution in [0.25, 0.3) is 0 Å². The molecule has 220 valence electrons. The zero-order valence-corrected chi connectivity index (χ0v) is 27.2. The third kappa shape index (κ3) is 8.70.